The summed E-state index contributed by atoms with van der Waals surface area (Å²) in [5.74, 6) is 0.933. The molecule has 0 aromatic carbocycles. The summed E-state index contributed by atoms with van der Waals surface area (Å²) in [7, 11) is 2.11. The molecule has 2 nitrogen and oxygen atoms in total. The van der Waals surface area contributed by atoms with Gasteiger partial charge in [-0.25, -0.2) is 0 Å². The van der Waals surface area contributed by atoms with E-state index in [1.807, 2.05) is 0 Å². The maximum absolute atomic E-state index is 3.47. The summed E-state index contributed by atoms with van der Waals surface area (Å²) in [6.45, 7) is 5.95. The van der Waals surface area contributed by atoms with Crippen molar-refractivity contribution >= 4 is 0 Å². The molecule has 2 bridgehead atoms. The molecule has 0 amide bonds. The molecular weight excluding hydrogens is 148 g/mol. The van der Waals surface area contributed by atoms with Crippen molar-refractivity contribution in [3.05, 3.63) is 0 Å². The van der Waals surface area contributed by atoms with Crippen LogP contribution < -0.4 is 5.32 Å². The second-order valence-corrected chi connectivity index (χ2v) is 4.51. The van der Waals surface area contributed by atoms with Crippen LogP contribution in [0.4, 0.5) is 0 Å². The van der Waals surface area contributed by atoms with Crippen LogP contribution in [0.2, 0.25) is 0 Å². The van der Waals surface area contributed by atoms with Crippen molar-refractivity contribution in [3.63, 3.8) is 0 Å². The van der Waals surface area contributed by atoms with Crippen LogP contribution in [-0.2, 0) is 0 Å². The van der Waals surface area contributed by atoms with Gasteiger partial charge in [0.15, 0.2) is 0 Å². The number of likely N-dealkylation sites (N-methyl/N-ethyl adjacent to an activating group) is 1. The van der Waals surface area contributed by atoms with Crippen molar-refractivity contribution < 1.29 is 0 Å². The van der Waals surface area contributed by atoms with Gasteiger partial charge in [0.1, 0.15) is 0 Å². The van der Waals surface area contributed by atoms with E-state index in [-0.39, 0.29) is 0 Å². The monoisotopic (exact) mass is 168 g/mol. The molecule has 0 unspecified atom stereocenters. The van der Waals surface area contributed by atoms with Crippen LogP contribution in [0.15, 0.2) is 0 Å². The second kappa shape index (κ2) is 3.00. The molecule has 0 spiro atoms. The van der Waals surface area contributed by atoms with E-state index in [0.29, 0.717) is 0 Å². The summed E-state index contributed by atoms with van der Waals surface area (Å²) in [4.78, 5) is 2.66. The van der Waals surface area contributed by atoms with E-state index < -0.39 is 0 Å². The van der Waals surface area contributed by atoms with Gasteiger partial charge in [-0.3, -0.25) is 4.90 Å². The van der Waals surface area contributed by atoms with E-state index in [1.165, 1.54) is 19.4 Å². The Bertz CT molecular complexity index is 167. The number of piperidine rings is 1. The van der Waals surface area contributed by atoms with E-state index in [2.05, 4.69) is 31.1 Å². The predicted octanol–water partition coefficient (Wildman–Crippen LogP) is 1.08. The van der Waals surface area contributed by atoms with Crippen molar-refractivity contribution in [2.75, 3.05) is 13.6 Å². The zero-order valence-electron chi connectivity index (χ0n) is 8.38. The third kappa shape index (κ3) is 1.09. The third-order valence-corrected chi connectivity index (χ3v) is 3.62. The molecular formula is C10H20N2. The van der Waals surface area contributed by atoms with E-state index in [9.17, 15) is 0 Å². The first kappa shape index (κ1) is 8.52. The van der Waals surface area contributed by atoms with Crippen molar-refractivity contribution in [3.8, 4) is 0 Å². The SMILES string of the molecule is CN[C@@H]1[C@@H]2CC[C@H]1N(C(C)C)C2. The average Bonchev–Trinajstić information content (AvgIpc) is 2.59. The molecule has 70 valence electrons. The van der Waals surface area contributed by atoms with Crippen LogP contribution in [0.5, 0.6) is 0 Å². The van der Waals surface area contributed by atoms with Crippen molar-refractivity contribution in [2.24, 2.45) is 5.92 Å². The highest BCUT2D eigenvalue weighted by atomic mass is 15.3. The Morgan fingerprint density at radius 3 is 2.50 bits per heavy atom. The summed E-state index contributed by atoms with van der Waals surface area (Å²) < 4.78 is 0. The molecule has 2 aliphatic rings. The normalized spacial score (nSPS) is 41.5. The van der Waals surface area contributed by atoms with Gasteiger partial charge in [0, 0.05) is 24.7 Å². The van der Waals surface area contributed by atoms with E-state index in [1.54, 1.807) is 0 Å². The molecule has 2 heteroatoms. The molecule has 0 aromatic heterocycles. The van der Waals surface area contributed by atoms with Crippen molar-refractivity contribution in [1.29, 1.82) is 0 Å². The Morgan fingerprint density at radius 1 is 1.33 bits per heavy atom. The van der Waals surface area contributed by atoms with Crippen LogP contribution in [0.25, 0.3) is 0 Å². The predicted molar refractivity (Wildman–Crippen MR) is 51.2 cm³/mol. The van der Waals surface area contributed by atoms with Gasteiger partial charge < -0.3 is 5.32 Å². The minimum Gasteiger partial charge on any atom is -0.315 e. The summed E-state index contributed by atoms with van der Waals surface area (Å²) in [5.41, 5.74) is 0. The maximum Gasteiger partial charge on any atom is 0.0260 e. The molecule has 3 atom stereocenters. The topological polar surface area (TPSA) is 15.3 Å². The van der Waals surface area contributed by atoms with Gasteiger partial charge in [-0.05, 0) is 39.7 Å². The minimum absolute atomic E-state index is 0.733. The highest BCUT2D eigenvalue weighted by molar-refractivity contribution is 5.03. The molecule has 1 N–H and O–H groups in total. The average molecular weight is 168 g/mol. The quantitative estimate of drug-likeness (QED) is 0.663. The Morgan fingerprint density at radius 2 is 2.08 bits per heavy atom. The highest BCUT2D eigenvalue weighted by Crippen LogP contribution is 2.38. The van der Waals surface area contributed by atoms with Gasteiger partial charge >= 0.3 is 0 Å². The molecule has 1 aliphatic carbocycles. The summed E-state index contributed by atoms with van der Waals surface area (Å²) in [6.07, 6.45) is 2.85. The summed E-state index contributed by atoms with van der Waals surface area (Å²) in [6, 6.07) is 2.35. The zero-order valence-corrected chi connectivity index (χ0v) is 8.38. The largest absolute Gasteiger partial charge is 0.315 e. The van der Waals surface area contributed by atoms with Crippen molar-refractivity contribution in [2.45, 2.75) is 44.8 Å². The second-order valence-electron chi connectivity index (χ2n) is 4.51. The van der Waals surface area contributed by atoms with Crippen LogP contribution in [-0.4, -0.2) is 36.6 Å². The van der Waals surface area contributed by atoms with E-state index >= 15 is 0 Å². The number of likely N-dealkylation sites (tertiary alicyclic amines) is 1. The molecule has 1 aliphatic heterocycles. The number of nitrogens with zero attached hydrogens (tertiary/aromatic N) is 1. The number of hydrogen-bond acceptors (Lipinski definition) is 2. The lowest BCUT2D eigenvalue weighted by Gasteiger charge is -2.30. The fourth-order valence-corrected chi connectivity index (χ4v) is 3.06. The first-order valence-electron chi connectivity index (χ1n) is 5.17. The lowest BCUT2D eigenvalue weighted by atomic mass is 10.1. The molecule has 12 heavy (non-hydrogen) atoms. The van der Waals surface area contributed by atoms with Gasteiger partial charge in [0.2, 0.25) is 0 Å². The molecule has 1 heterocycles. The molecule has 0 radical (unpaired) electrons. The third-order valence-electron chi connectivity index (χ3n) is 3.62. The zero-order chi connectivity index (χ0) is 8.72. The fourth-order valence-electron chi connectivity index (χ4n) is 3.06. The van der Waals surface area contributed by atoms with Gasteiger partial charge in [0.05, 0.1) is 0 Å². The van der Waals surface area contributed by atoms with Gasteiger partial charge in [0.25, 0.3) is 0 Å². The fraction of sp³-hybridized carbons (Fsp3) is 1.00. The van der Waals surface area contributed by atoms with Crippen LogP contribution in [0.1, 0.15) is 26.7 Å². The first-order chi connectivity index (χ1) is 5.74. The summed E-state index contributed by atoms with van der Waals surface area (Å²) in [5, 5.41) is 3.47. The number of fused-ring (bicyclic) bond motifs is 2. The maximum atomic E-state index is 3.47. The lowest BCUT2D eigenvalue weighted by Crippen LogP contribution is -2.42. The standard InChI is InChI=1S/C10H20N2/c1-7(2)12-6-8-4-5-9(12)10(8)11-3/h7-11H,4-6H2,1-3H3/t8-,9-,10-/m1/s1. The van der Waals surface area contributed by atoms with Crippen LogP contribution in [0, 0.1) is 5.92 Å². The van der Waals surface area contributed by atoms with E-state index in [4.69, 9.17) is 0 Å². The minimum atomic E-state index is 0.733. The Labute approximate surface area is 75.3 Å². The summed E-state index contributed by atoms with van der Waals surface area (Å²) >= 11 is 0. The Balaban J connectivity index is 2.07. The molecule has 1 saturated carbocycles. The number of nitrogens with one attached hydrogen (secondary N) is 1. The Kier molecular flexibility index (Phi) is 2.13. The van der Waals surface area contributed by atoms with Gasteiger partial charge in [-0.1, -0.05) is 0 Å². The number of hydrogen-bond donors (Lipinski definition) is 1. The highest BCUT2D eigenvalue weighted by Gasteiger charge is 2.46. The number of rotatable bonds is 2. The Hall–Kier alpha value is -0.0800. The van der Waals surface area contributed by atoms with Crippen LogP contribution >= 0.6 is 0 Å². The van der Waals surface area contributed by atoms with Crippen molar-refractivity contribution in [1.82, 2.24) is 10.2 Å². The lowest BCUT2D eigenvalue weighted by molar-refractivity contribution is 0.166. The van der Waals surface area contributed by atoms with E-state index in [0.717, 1.165) is 24.0 Å². The smallest absolute Gasteiger partial charge is 0.0260 e. The van der Waals surface area contributed by atoms with Crippen LogP contribution in [0.3, 0.4) is 0 Å². The van der Waals surface area contributed by atoms with Gasteiger partial charge in [-0.2, -0.15) is 0 Å². The molecule has 2 fully saturated rings. The first-order valence-corrected chi connectivity index (χ1v) is 5.17. The molecule has 0 aromatic rings. The van der Waals surface area contributed by atoms with Gasteiger partial charge in [-0.15, -0.1) is 0 Å². The molecule has 2 rings (SSSR count). The molecule has 1 saturated heterocycles.